The van der Waals surface area contributed by atoms with Gasteiger partial charge in [0.2, 0.25) is 5.13 Å². The second kappa shape index (κ2) is 8.59. The first kappa shape index (κ1) is 18.8. The normalized spacial score (nSPS) is 10.5. The Kier molecular flexibility index (Phi) is 5.97. The quantitative estimate of drug-likeness (QED) is 0.651. The van der Waals surface area contributed by atoms with Gasteiger partial charge in [0.15, 0.2) is 11.5 Å². The molecule has 3 aromatic rings. The molecule has 0 atom stereocenters. The topological polar surface area (TPSA) is 73.3 Å². The number of ether oxygens (including phenoxy) is 2. The highest BCUT2D eigenvalue weighted by Crippen LogP contribution is 2.30. The largest absolute Gasteiger partial charge is 0.490 e. The first-order valence-corrected chi connectivity index (χ1v) is 9.22. The third-order valence-corrected chi connectivity index (χ3v) is 4.43. The van der Waals surface area contributed by atoms with Gasteiger partial charge in [-0.3, -0.25) is 10.1 Å². The van der Waals surface area contributed by atoms with Gasteiger partial charge in [-0.1, -0.05) is 11.3 Å². The first-order valence-electron chi connectivity index (χ1n) is 8.41. The zero-order valence-corrected chi connectivity index (χ0v) is 15.7. The highest BCUT2D eigenvalue weighted by atomic mass is 32.1. The van der Waals surface area contributed by atoms with Crippen molar-refractivity contribution in [2.45, 2.75) is 13.8 Å². The van der Waals surface area contributed by atoms with Crippen molar-refractivity contribution in [3.8, 4) is 22.1 Å². The molecule has 0 fully saturated rings. The summed E-state index contributed by atoms with van der Waals surface area (Å²) in [6.07, 6.45) is 0. The van der Waals surface area contributed by atoms with Gasteiger partial charge in [-0.25, -0.2) is 4.39 Å². The van der Waals surface area contributed by atoms with Gasteiger partial charge in [0.1, 0.15) is 10.8 Å². The third kappa shape index (κ3) is 4.59. The molecular weight excluding hydrogens is 369 g/mol. The zero-order chi connectivity index (χ0) is 19.2. The summed E-state index contributed by atoms with van der Waals surface area (Å²) < 4.78 is 24.1. The number of rotatable bonds is 7. The van der Waals surface area contributed by atoms with Gasteiger partial charge in [-0.15, -0.1) is 10.2 Å². The molecule has 2 aromatic carbocycles. The fourth-order valence-corrected chi connectivity index (χ4v) is 3.09. The summed E-state index contributed by atoms with van der Waals surface area (Å²) in [5, 5.41) is 11.7. The van der Waals surface area contributed by atoms with E-state index in [9.17, 15) is 9.18 Å². The molecule has 140 valence electrons. The second-order valence-corrected chi connectivity index (χ2v) is 6.38. The van der Waals surface area contributed by atoms with Crippen molar-refractivity contribution in [2.24, 2.45) is 0 Å². The van der Waals surface area contributed by atoms with Gasteiger partial charge in [0.05, 0.1) is 13.2 Å². The molecule has 27 heavy (non-hydrogen) atoms. The van der Waals surface area contributed by atoms with E-state index >= 15 is 0 Å². The van der Waals surface area contributed by atoms with Crippen LogP contribution in [0.25, 0.3) is 10.6 Å². The lowest BCUT2D eigenvalue weighted by molar-refractivity contribution is 0.102. The maximum Gasteiger partial charge on any atom is 0.257 e. The number of hydrogen-bond donors (Lipinski definition) is 1. The van der Waals surface area contributed by atoms with E-state index < -0.39 is 0 Å². The minimum Gasteiger partial charge on any atom is -0.490 e. The number of aromatic nitrogens is 2. The molecule has 1 N–H and O–H groups in total. The average molecular weight is 387 g/mol. The predicted molar refractivity (Wildman–Crippen MR) is 102 cm³/mol. The molecule has 3 rings (SSSR count). The Morgan fingerprint density at radius 1 is 1.04 bits per heavy atom. The Hall–Kier alpha value is -3.00. The second-order valence-electron chi connectivity index (χ2n) is 5.40. The molecule has 1 aromatic heterocycles. The van der Waals surface area contributed by atoms with E-state index in [0.717, 1.165) is 5.56 Å². The molecule has 0 saturated carbocycles. The van der Waals surface area contributed by atoms with Crippen molar-refractivity contribution in [3.63, 3.8) is 0 Å². The van der Waals surface area contributed by atoms with Crippen molar-refractivity contribution in [3.05, 3.63) is 53.8 Å². The smallest absolute Gasteiger partial charge is 0.257 e. The molecular formula is C19H18FN3O3S. The highest BCUT2D eigenvalue weighted by molar-refractivity contribution is 7.18. The lowest BCUT2D eigenvalue weighted by Crippen LogP contribution is -2.12. The van der Waals surface area contributed by atoms with Gasteiger partial charge in [-0.2, -0.15) is 0 Å². The van der Waals surface area contributed by atoms with Crippen LogP contribution in [-0.2, 0) is 0 Å². The summed E-state index contributed by atoms with van der Waals surface area (Å²) >= 11 is 1.21. The Morgan fingerprint density at radius 3 is 2.44 bits per heavy atom. The molecule has 0 bridgehead atoms. The van der Waals surface area contributed by atoms with Gasteiger partial charge in [0, 0.05) is 11.1 Å². The molecule has 0 radical (unpaired) electrons. The van der Waals surface area contributed by atoms with E-state index in [2.05, 4.69) is 15.5 Å². The van der Waals surface area contributed by atoms with Crippen LogP contribution in [0.2, 0.25) is 0 Å². The van der Waals surface area contributed by atoms with E-state index in [0.29, 0.717) is 40.4 Å². The lowest BCUT2D eigenvalue weighted by atomic mass is 10.2. The van der Waals surface area contributed by atoms with Crippen LogP contribution in [0.1, 0.15) is 24.2 Å². The molecule has 6 nitrogen and oxygen atoms in total. The SMILES string of the molecule is CCOc1ccc(C(=O)Nc2nnc(-c3ccc(F)cc3)s2)cc1OCC. The Morgan fingerprint density at radius 2 is 1.74 bits per heavy atom. The zero-order valence-electron chi connectivity index (χ0n) is 14.9. The molecule has 1 amide bonds. The number of nitrogens with one attached hydrogen (secondary N) is 1. The monoisotopic (exact) mass is 387 g/mol. The first-order chi connectivity index (χ1) is 13.1. The summed E-state index contributed by atoms with van der Waals surface area (Å²) in [5.74, 6) is 0.444. The van der Waals surface area contributed by atoms with Gasteiger partial charge in [0.25, 0.3) is 5.91 Å². The number of hydrogen-bond acceptors (Lipinski definition) is 6. The molecule has 0 unspecified atom stereocenters. The standard InChI is InChI=1S/C19H18FN3O3S/c1-3-25-15-10-7-13(11-16(15)26-4-2)17(24)21-19-23-22-18(27-19)12-5-8-14(20)9-6-12/h5-11H,3-4H2,1-2H3,(H,21,23,24). The summed E-state index contributed by atoms with van der Waals surface area (Å²) in [6.45, 7) is 4.70. The van der Waals surface area contributed by atoms with E-state index in [1.807, 2.05) is 13.8 Å². The molecule has 0 saturated heterocycles. The van der Waals surface area contributed by atoms with E-state index in [1.165, 1.54) is 23.5 Å². The predicted octanol–water partition coefficient (Wildman–Crippen LogP) is 4.39. The maximum atomic E-state index is 13.0. The van der Waals surface area contributed by atoms with Gasteiger partial charge >= 0.3 is 0 Å². The van der Waals surface area contributed by atoms with Gasteiger partial charge in [-0.05, 0) is 56.3 Å². The van der Waals surface area contributed by atoms with Crippen LogP contribution >= 0.6 is 11.3 Å². The number of halogens is 1. The summed E-state index contributed by atoms with van der Waals surface area (Å²) in [6, 6.07) is 10.9. The van der Waals surface area contributed by atoms with Crippen molar-refractivity contribution in [1.29, 1.82) is 0 Å². The minimum atomic E-state index is -0.333. The fraction of sp³-hybridized carbons (Fsp3) is 0.211. The van der Waals surface area contributed by atoms with E-state index in [1.54, 1.807) is 30.3 Å². The number of carbonyl (C=O) groups excluding carboxylic acids is 1. The number of anilines is 1. The van der Waals surface area contributed by atoms with Crippen molar-refractivity contribution in [2.75, 3.05) is 18.5 Å². The summed E-state index contributed by atoms with van der Waals surface area (Å²) in [4.78, 5) is 12.5. The number of nitrogens with zero attached hydrogens (tertiary/aromatic N) is 2. The molecule has 0 spiro atoms. The molecule has 1 heterocycles. The van der Waals surface area contributed by atoms with Crippen molar-refractivity contribution >= 4 is 22.4 Å². The molecule has 0 aliphatic heterocycles. The van der Waals surface area contributed by atoms with Crippen LogP contribution in [0.15, 0.2) is 42.5 Å². The lowest BCUT2D eigenvalue weighted by Gasteiger charge is -2.12. The molecule has 8 heteroatoms. The van der Waals surface area contributed by atoms with Crippen LogP contribution in [0.3, 0.4) is 0 Å². The average Bonchev–Trinajstić information content (AvgIpc) is 3.12. The Balaban J connectivity index is 1.75. The minimum absolute atomic E-state index is 0.322. The van der Waals surface area contributed by atoms with E-state index in [4.69, 9.17) is 9.47 Å². The Bertz CT molecular complexity index is 928. The van der Waals surface area contributed by atoms with Crippen molar-refractivity contribution in [1.82, 2.24) is 10.2 Å². The Labute approximate surface area is 160 Å². The van der Waals surface area contributed by atoms with Gasteiger partial charge < -0.3 is 9.47 Å². The number of benzene rings is 2. The van der Waals surface area contributed by atoms with Crippen molar-refractivity contribution < 1.29 is 18.7 Å². The van der Waals surface area contributed by atoms with Crippen LogP contribution in [-0.4, -0.2) is 29.3 Å². The van der Waals surface area contributed by atoms with Crippen LogP contribution in [0, 0.1) is 5.82 Å². The van der Waals surface area contributed by atoms with Crippen LogP contribution in [0.5, 0.6) is 11.5 Å². The highest BCUT2D eigenvalue weighted by Gasteiger charge is 2.14. The summed E-state index contributed by atoms with van der Waals surface area (Å²) in [5.41, 5.74) is 1.15. The molecule has 0 aliphatic carbocycles. The van der Waals surface area contributed by atoms with Crippen LogP contribution in [0.4, 0.5) is 9.52 Å². The number of carbonyl (C=O) groups is 1. The maximum absolute atomic E-state index is 13.0. The van der Waals surface area contributed by atoms with E-state index in [-0.39, 0.29) is 11.7 Å². The summed E-state index contributed by atoms with van der Waals surface area (Å²) in [7, 11) is 0. The number of amides is 1. The van der Waals surface area contributed by atoms with Crippen LogP contribution < -0.4 is 14.8 Å². The molecule has 0 aliphatic rings. The third-order valence-electron chi connectivity index (χ3n) is 3.54. The fourth-order valence-electron chi connectivity index (χ4n) is 2.34.